The van der Waals surface area contributed by atoms with Gasteiger partial charge < -0.3 is 0 Å². The minimum atomic E-state index is -3.66. The standard InChI is InChI=1S/C13H15ClN2O4S/c1-16(11-6-7-12(17)15-13(11)18)21(19,20)8-9-2-4-10(14)5-3-9/h2-5,11H,6-8H2,1H3,(H,15,17,18). The molecule has 2 amide bonds. The molecule has 1 unspecified atom stereocenters. The first-order chi connectivity index (χ1) is 9.79. The fourth-order valence-corrected chi connectivity index (χ4v) is 3.65. The lowest BCUT2D eigenvalue weighted by atomic mass is 10.1. The minimum Gasteiger partial charge on any atom is -0.295 e. The van der Waals surface area contributed by atoms with Gasteiger partial charge in [-0.1, -0.05) is 23.7 Å². The van der Waals surface area contributed by atoms with E-state index in [0.717, 1.165) is 4.31 Å². The number of likely N-dealkylation sites (N-methyl/N-ethyl adjacent to an activating group) is 1. The summed E-state index contributed by atoms with van der Waals surface area (Å²) >= 11 is 5.76. The Bertz CT molecular complexity index is 657. The van der Waals surface area contributed by atoms with E-state index in [-0.39, 0.29) is 24.5 Å². The molecule has 1 N–H and O–H groups in total. The van der Waals surface area contributed by atoms with Crippen molar-refractivity contribution in [3.8, 4) is 0 Å². The summed E-state index contributed by atoms with van der Waals surface area (Å²) in [6, 6.07) is 5.62. The molecule has 114 valence electrons. The molecule has 0 saturated carbocycles. The molecule has 1 aromatic carbocycles. The minimum absolute atomic E-state index is 0.136. The monoisotopic (exact) mass is 330 g/mol. The van der Waals surface area contributed by atoms with Crippen LogP contribution in [0.25, 0.3) is 0 Å². The maximum absolute atomic E-state index is 12.3. The van der Waals surface area contributed by atoms with E-state index in [1.54, 1.807) is 24.3 Å². The van der Waals surface area contributed by atoms with Crippen molar-refractivity contribution in [2.24, 2.45) is 0 Å². The molecule has 1 aliphatic heterocycles. The number of carbonyl (C=O) groups excluding carboxylic acids is 2. The Morgan fingerprint density at radius 1 is 1.29 bits per heavy atom. The van der Waals surface area contributed by atoms with Gasteiger partial charge in [0.15, 0.2) is 0 Å². The van der Waals surface area contributed by atoms with Gasteiger partial charge in [-0.25, -0.2) is 8.42 Å². The number of hydrogen-bond acceptors (Lipinski definition) is 4. The van der Waals surface area contributed by atoms with E-state index in [1.165, 1.54) is 7.05 Å². The van der Waals surface area contributed by atoms with Gasteiger partial charge in [-0.15, -0.1) is 0 Å². The topological polar surface area (TPSA) is 83.6 Å². The number of nitrogens with one attached hydrogen (secondary N) is 1. The SMILES string of the molecule is CN(C1CCC(=O)NC1=O)S(=O)(=O)Cc1ccc(Cl)cc1. The Morgan fingerprint density at radius 2 is 1.90 bits per heavy atom. The first kappa shape index (κ1) is 15.9. The van der Waals surface area contributed by atoms with Crippen LogP contribution in [0.3, 0.4) is 0 Å². The first-order valence-electron chi connectivity index (χ1n) is 6.33. The van der Waals surface area contributed by atoms with Gasteiger partial charge in [0.1, 0.15) is 6.04 Å². The molecular formula is C13H15ClN2O4S. The summed E-state index contributed by atoms with van der Waals surface area (Å²) in [5.41, 5.74) is 0.582. The van der Waals surface area contributed by atoms with Gasteiger partial charge in [0.2, 0.25) is 21.8 Å². The smallest absolute Gasteiger partial charge is 0.244 e. The maximum Gasteiger partial charge on any atom is 0.244 e. The van der Waals surface area contributed by atoms with E-state index in [4.69, 9.17) is 11.6 Å². The molecule has 6 nitrogen and oxygen atoms in total. The van der Waals surface area contributed by atoms with E-state index in [2.05, 4.69) is 5.32 Å². The molecule has 1 atom stereocenters. The molecule has 1 aromatic rings. The maximum atomic E-state index is 12.3. The van der Waals surface area contributed by atoms with E-state index in [9.17, 15) is 18.0 Å². The van der Waals surface area contributed by atoms with Crippen LogP contribution in [-0.2, 0) is 25.4 Å². The molecule has 1 heterocycles. The summed E-state index contributed by atoms with van der Waals surface area (Å²) in [4.78, 5) is 22.8. The summed E-state index contributed by atoms with van der Waals surface area (Å²) in [5.74, 6) is -1.17. The van der Waals surface area contributed by atoms with E-state index in [0.29, 0.717) is 10.6 Å². The summed E-state index contributed by atoms with van der Waals surface area (Å²) in [7, 11) is -2.31. The second kappa shape index (κ2) is 6.13. The van der Waals surface area contributed by atoms with Crippen molar-refractivity contribution in [2.45, 2.75) is 24.6 Å². The van der Waals surface area contributed by atoms with Crippen molar-refractivity contribution in [2.75, 3.05) is 7.05 Å². The molecule has 0 bridgehead atoms. The molecule has 1 fully saturated rings. The highest BCUT2D eigenvalue weighted by Gasteiger charge is 2.35. The quantitative estimate of drug-likeness (QED) is 0.832. The van der Waals surface area contributed by atoms with Crippen LogP contribution in [0.4, 0.5) is 0 Å². The van der Waals surface area contributed by atoms with Crippen LogP contribution in [-0.4, -0.2) is 37.6 Å². The Kier molecular flexibility index (Phi) is 4.65. The number of carbonyl (C=O) groups is 2. The van der Waals surface area contributed by atoms with Crippen LogP contribution in [0, 0.1) is 0 Å². The third kappa shape index (κ3) is 3.81. The van der Waals surface area contributed by atoms with Crippen LogP contribution < -0.4 is 5.32 Å². The third-order valence-electron chi connectivity index (χ3n) is 3.35. The van der Waals surface area contributed by atoms with Gasteiger partial charge in [0, 0.05) is 18.5 Å². The summed E-state index contributed by atoms with van der Waals surface area (Å²) in [6.07, 6.45) is 0.332. The van der Waals surface area contributed by atoms with Crippen LogP contribution in [0.15, 0.2) is 24.3 Å². The first-order valence-corrected chi connectivity index (χ1v) is 8.32. The molecule has 0 spiro atoms. The highest BCUT2D eigenvalue weighted by atomic mass is 35.5. The van der Waals surface area contributed by atoms with Gasteiger partial charge in [-0.3, -0.25) is 14.9 Å². The third-order valence-corrected chi connectivity index (χ3v) is 5.43. The molecule has 0 aromatic heterocycles. The zero-order valence-electron chi connectivity index (χ0n) is 11.4. The number of imide groups is 1. The molecule has 1 saturated heterocycles. The molecular weight excluding hydrogens is 316 g/mol. The number of halogens is 1. The van der Waals surface area contributed by atoms with Crippen LogP contribution in [0.1, 0.15) is 18.4 Å². The predicted octanol–water partition coefficient (Wildman–Crippen LogP) is 0.907. The lowest BCUT2D eigenvalue weighted by Crippen LogP contribution is -2.53. The average molecular weight is 331 g/mol. The molecule has 0 aliphatic carbocycles. The normalized spacial score (nSPS) is 19.7. The molecule has 21 heavy (non-hydrogen) atoms. The average Bonchev–Trinajstić information content (AvgIpc) is 2.40. The van der Waals surface area contributed by atoms with Crippen molar-refractivity contribution < 1.29 is 18.0 Å². The fourth-order valence-electron chi connectivity index (χ4n) is 2.12. The zero-order chi connectivity index (χ0) is 15.6. The summed E-state index contributed by atoms with van der Waals surface area (Å²) < 4.78 is 25.7. The van der Waals surface area contributed by atoms with Gasteiger partial charge in [0.05, 0.1) is 5.75 Å². The lowest BCUT2D eigenvalue weighted by molar-refractivity contribution is -0.135. The fraction of sp³-hybridized carbons (Fsp3) is 0.385. The number of sulfonamides is 1. The highest BCUT2D eigenvalue weighted by Crippen LogP contribution is 2.18. The number of benzene rings is 1. The van der Waals surface area contributed by atoms with Crippen molar-refractivity contribution in [3.63, 3.8) is 0 Å². The molecule has 0 radical (unpaired) electrons. The number of nitrogens with zero attached hydrogens (tertiary/aromatic N) is 1. The van der Waals surface area contributed by atoms with Crippen molar-refractivity contribution in [3.05, 3.63) is 34.9 Å². The van der Waals surface area contributed by atoms with E-state index >= 15 is 0 Å². The Balaban J connectivity index is 2.13. The predicted molar refractivity (Wildman–Crippen MR) is 78.0 cm³/mol. The summed E-state index contributed by atoms with van der Waals surface area (Å²) in [6.45, 7) is 0. The van der Waals surface area contributed by atoms with E-state index < -0.39 is 22.0 Å². The Labute approximate surface area is 128 Å². The second-order valence-corrected chi connectivity index (χ2v) is 7.33. The Hall–Kier alpha value is -1.44. The van der Waals surface area contributed by atoms with Crippen LogP contribution in [0.2, 0.25) is 5.02 Å². The van der Waals surface area contributed by atoms with Crippen LogP contribution in [0.5, 0.6) is 0 Å². The second-order valence-electron chi connectivity index (χ2n) is 4.87. The van der Waals surface area contributed by atoms with Crippen molar-refractivity contribution in [1.82, 2.24) is 9.62 Å². The van der Waals surface area contributed by atoms with Crippen molar-refractivity contribution in [1.29, 1.82) is 0 Å². The van der Waals surface area contributed by atoms with Gasteiger partial charge in [0.25, 0.3) is 0 Å². The van der Waals surface area contributed by atoms with Gasteiger partial charge >= 0.3 is 0 Å². The van der Waals surface area contributed by atoms with Crippen molar-refractivity contribution >= 4 is 33.4 Å². The number of amides is 2. The number of hydrogen-bond donors (Lipinski definition) is 1. The largest absolute Gasteiger partial charge is 0.295 e. The van der Waals surface area contributed by atoms with Gasteiger partial charge in [-0.05, 0) is 24.1 Å². The Morgan fingerprint density at radius 3 is 2.48 bits per heavy atom. The summed E-state index contributed by atoms with van der Waals surface area (Å²) in [5, 5.41) is 2.68. The highest BCUT2D eigenvalue weighted by molar-refractivity contribution is 7.88. The van der Waals surface area contributed by atoms with Crippen LogP contribution >= 0.6 is 11.6 Å². The number of rotatable bonds is 4. The molecule has 1 aliphatic rings. The molecule has 2 rings (SSSR count). The zero-order valence-corrected chi connectivity index (χ0v) is 12.9. The van der Waals surface area contributed by atoms with Gasteiger partial charge in [-0.2, -0.15) is 4.31 Å². The molecule has 8 heteroatoms. The number of piperidine rings is 1. The van der Waals surface area contributed by atoms with E-state index in [1.807, 2.05) is 0 Å². The lowest BCUT2D eigenvalue weighted by Gasteiger charge is -2.29.